The summed E-state index contributed by atoms with van der Waals surface area (Å²) in [5.41, 5.74) is 1.75. The minimum Gasteiger partial charge on any atom is -0.356 e. The van der Waals surface area contributed by atoms with Gasteiger partial charge >= 0.3 is 0 Å². The minimum atomic E-state index is 0.0718. The SMILES string of the molecule is CCC(=O)NCCc1csc([C@H]2CCCN(C(=O)c3cccn3C)C2)n1. The van der Waals surface area contributed by atoms with Crippen molar-refractivity contribution in [3.05, 3.63) is 40.1 Å². The average Bonchev–Trinajstić information content (AvgIpc) is 3.30. The molecule has 1 aliphatic heterocycles. The van der Waals surface area contributed by atoms with Crippen LogP contribution in [-0.4, -0.2) is 45.9 Å². The number of rotatable bonds is 6. The highest BCUT2D eigenvalue weighted by molar-refractivity contribution is 7.09. The number of carbonyl (C=O) groups is 2. The lowest BCUT2D eigenvalue weighted by atomic mass is 9.98. The van der Waals surface area contributed by atoms with Gasteiger partial charge in [-0.25, -0.2) is 4.98 Å². The van der Waals surface area contributed by atoms with Crippen LogP contribution in [0.15, 0.2) is 23.7 Å². The van der Waals surface area contributed by atoms with E-state index in [1.165, 1.54) is 0 Å². The first kappa shape index (κ1) is 18.6. The molecular weight excluding hydrogens is 348 g/mol. The molecule has 2 amide bonds. The summed E-state index contributed by atoms with van der Waals surface area (Å²) in [6.07, 6.45) is 5.23. The van der Waals surface area contributed by atoms with Gasteiger partial charge in [0.1, 0.15) is 5.69 Å². The van der Waals surface area contributed by atoms with Crippen molar-refractivity contribution in [3.63, 3.8) is 0 Å². The van der Waals surface area contributed by atoms with Crippen LogP contribution in [0.25, 0.3) is 0 Å². The zero-order valence-electron chi connectivity index (χ0n) is 15.4. The highest BCUT2D eigenvalue weighted by Gasteiger charge is 2.28. The third-order valence-corrected chi connectivity index (χ3v) is 5.87. The Labute approximate surface area is 158 Å². The van der Waals surface area contributed by atoms with Gasteiger partial charge in [0.25, 0.3) is 5.91 Å². The van der Waals surface area contributed by atoms with Gasteiger partial charge in [-0.3, -0.25) is 9.59 Å². The number of aryl methyl sites for hydroxylation is 1. The van der Waals surface area contributed by atoms with Crippen LogP contribution in [-0.2, 0) is 18.3 Å². The van der Waals surface area contributed by atoms with Crippen molar-refractivity contribution in [1.29, 1.82) is 0 Å². The molecule has 1 aliphatic rings. The smallest absolute Gasteiger partial charge is 0.270 e. The van der Waals surface area contributed by atoms with Gasteiger partial charge in [-0.15, -0.1) is 11.3 Å². The maximum absolute atomic E-state index is 12.7. The summed E-state index contributed by atoms with van der Waals surface area (Å²) in [5, 5.41) is 6.06. The van der Waals surface area contributed by atoms with Gasteiger partial charge < -0.3 is 14.8 Å². The van der Waals surface area contributed by atoms with Crippen LogP contribution in [0, 0.1) is 0 Å². The van der Waals surface area contributed by atoms with Crippen LogP contribution in [0.1, 0.15) is 53.3 Å². The second kappa shape index (κ2) is 8.49. The van der Waals surface area contributed by atoms with Gasteiger partial charge in [-0.2, -0.15) is 0 Å². The maximum atomic E-state index is 12.7. The first-order chi connectivity index (χ1) is 12.6. The molecule has 0 saturated carbocycles. The van der Waals surface area contributed by atoms with E-state index >= 15 is 0 Å². The van der Waals surface area contributed by atoms with Crippen molar-refractivity contribution < 1.29 is 9.59 Å². The summed E-state index contributed by atoms with van der Waals surface area (Å²) in [6.45, 7) is 4.01. The van der Waals surface area contributed by atoms with Crippen LogP contribution >= 0.6 is 11.3 Å². The summed E-state index contributed by atoms with van der Waals surface area (Å²) in [6, 6.07) is 3.77. The molecule has 0 radical (unpaired) electrons. The third-order valence-electron chi connectivity index (χ3n) is 4.81. The Bertz CT molecular complexity index is 767. The van der Waals surface area contributed by atoms with E-state index in [4.69, 9.17) is 4.98 Å². The van der Waals surface area contributed by atoms with Crippen LogP contribution in [0.3, 0.4) is 0 Å². The van der Waals surface area contributed by atoms with E-state index in [0.717, 1.165) is 48.7 Å². The van der Waals surface area contributed by atoms with Gasteiger partial charge in [0.15, 0.2) is 0 Å². The lowest BCUT2D eigenvalue weighted by Crippen LogP contribution is -2.39. The molecule has 0 bridgehead atoms. The van der Waals surface area contributed by atoms with Gasteiger partial charge in [0.05, 0.1) is 10.7 Å². The minimum absolute atomic E-state index is 0.0718. The molecule has 1 N–H and O–H groups in total. The van der Waals surface area contributed by atoms with Crippen molar-refractivity contribution >= 4 is 23.2 Å². The molecule has 7 heteroatoms. The predicted octanol–water partition coefficient (Wildman–Crippen LogP) is 2.57. The number of hydrogen-bond donors (Lipinski definition) is 1. The Balaban J connectivity index is 1.59. The molecule has 2 aromatic rings. The molecule has 0 unspecified atom stereocenters. The summed E-state index contributed by atoms with van der Waals surface area (Å²) >= 11 is 1.67. The fourth-order valence-electron chi connectivity index (χ4n) is 3.29. The van der Waals surface area contributed by atoms with Crippen LogP contribution < -0.4 is 5.32 Å². The predicted molar refractivity (Wildman–Crippen MR) is 102 cm³/mol. The topological polar surface area (TPSA) is 67.2 Å². The average molecular weight is 375 g/mol. The molecule has 3 heterocycles. The molecule has 0 aromatic carbocycles. The van der Waals surface area contributed by atoms with Crippen molar-refractivity contribution in [2.24, 2.45) is 7.05 Å². The number of carbonyl (C=O) groups excluding carboxylic acids is 2. The van der Waals surface area contributed by atoms with Gasteiger partial charge in [-0.1, -0.05) is 6.92 Å². The number of amides is 2. The summed E-state index contributed by atoms with van der Waals surface area (Å²) in [4.78, 5) is 30.8. The second-order valence-corrected chi connectivity index (χ2v) is 7.61. The van der Waals surface area contributed by atoms with E-state index in [9.17, 15) is 9.59 Å². The number of aromatic nitrogens is 2. The van der Waals surface area contributed by atoms with Crippen molar-refractivity contribution in [2.75, 3.05) is 19.6 Å². The maximum Gasteiger partial charge on any atom is 0.270 e. The molecule has 3 rings (SSSR count). The Hall–Kier alpha value is -2.15. The van der Waals surface area contributed by atoms with Crippen LogP contribution in [0.5, 0.6) is 0 Å². The molecule has 140 valence electrons. The van der Waals surface area contributed by atoms with Crippen molar-refractivity contribution in [2.45, 2.75) is 38.5 Å². The monoisotopic (exact) mass is 374 g/mol. The number of thiazole rings is 1. The molecule has 0 spiro atoms. The fourth-order valence-corrected chi connectivity index (χ4v) is 4.27. The lowest BCUT2D eigenvalue weighted by molar-refractivity contribution is -0.120. The first-order valence-corrected chi connectivity index (χ1v) is 10.1. The van der Waals surface area contributed by atoms with Crippen molar-refractivity contribution in [3.8, 4) is 0 Å². The van der Waals surface area contributed by atoms with E-state index in [1.54, 1.807) is 11.3 Å². The van der Waals surface area contributed by atoms with Gasteiger partial charge in [-0.05, 0) is 25.0 Å². The van der Waals surface area contributed by atoms with Crippen LogP contribution in [0.4, 0.5) is 0 Å². The summed E-state index contributed by atoms with van der Waals surface area (Å²) in [5.74, 6) is 0.473. The standard InChI is InChI=1S/C19H26N4O2S/c1-3-17(24)20-9-8-15-13-26-18(21-15)14-6-4-11-23(12-14)19(25)16-7-5-10-22(16)2/h5,7,10,13-14H,3-4,6,8-9,11-12H2,1-2H3,(H,20,24)/t14-/m0/s1. The van der Waals surface area contributed by atoms with E-state index in [0.29, 0.717) is 18.9 Å². The highest BCUT2D eigenvalue weighted by atomic mass is 32.1. The third kappa shape index (κ3) is 4.33. The molecule has 1 fully saturated rings. The lowest BCUT2D eigenvalue weighted by Gasteiger charge is -2.32. The fraction of sp³-hybridized carbons (Fsp3) is 0.526. The molecule has 2 aromatic heterocycles. The highest BCUT2D eigenvalue weighted by Crippen LogP contribution is 2.30. The molecule has 1 saturated heterocycles. The number of piperidine rings is 1. The zero-order valence-corrected chi connectivity index (χ0v) is 16.2. The Morgan fingerprint density at radius 3 is 3.00 bits per heavy atom. The number of hydrogen-bond acceptors (Lipinski definition) is 4. The molecule has 0 aliphatic carbocycles. The van der Waals surface area contributed by atoms with Crippen molar-refractivity contribution in [1.82, 2.24) is 19.8 Å². The van der Waals surface area contributed by atoms with E-state index in [1.807, 2.05) is 41.8 Å². The Morgan fingerprint density at radius 1 is 1.42 bits per heavy atom. The second-order valence-electron chi connectivity index (χ2n) is 6.73. The van der Waals surface area contributed by atoms with Gasteiger partial charge in [0, 0.05) is 57.0 Å². The molecule has 26 heavy (non-hydrogen) atoms. The van der Waals surface area contributed by atoms with E-state index in [-0.39, 0.29) is 11.8 Å². The Kier molecular flexibility index (Phi) is 6.08. The normalized spacial score (nSPS) is 17.3. The number of nitrogens with zero attached hydrogens (tertiary/aromatic N) is 3. The molecular formula is C19H26N4O2S. The van der Waals surface area contributed by atoms with Gasteiger partial charge in [0.2, 0.25) is 5.91 Å². The molecule has 1 atom stereocenters. The first-order valence-electron chi connectivity index (χ1n) is 9.20. The number of nitrogens with one attached hydrogen (secondary N) is 1. The number of likely N-dealkylation sites (tertiary alicyclic amines) is 1. The quantitative estimate of drug-likeness (QED) is 0.845. The summed E-state index contributed by atoms with van der Waals surface area (Å²) < 4.78 is 1.87. The molecule has 6 nitrogen and oxygen atoms in total. The largest absolute Gasteiger partial charge is 0.356 e. The zero-order chi connectivity index (χ0) is 18.5. The summed E-state index contributed by atoms with van der Waals surface area (Å²) in [7, 11) is 1.90. The van der Waals surface area contributed by atoms with E-state index < -0.39 is 0 Å². The van der Waals surface area contributed by atoms with E-state index in [2.05, 4.69) is 10.7 Å². The Morgan fingerprint density at radius 2 is 2.27 bits per heavy atom. The van der Waals surface area contributed by atoms with Crippen LogP contribution in [0.2, 0.25) is 0 Å².